The first-order chi connectivity index (χ1) is 8.97. The number of nitro benzene ring substituents is 1. The molecule has 1 aromatic carbocycles. The molecule has 1 aromatic heterocycles. The van der Waals surface area contributed by atoms with Crippen LogP contribution in [0.15, 0.2) is 28.9 Å². The first-order valence-electron chi connectivity index (χ1n) is 5.33. The summed E-state index contributed by atoms with van der Waals surface area (Å²) >= 11 is 3.00. The lowest BCUT2D eigenvalue weighted by Gasteiger charge is -2.06. The number of halogens is 2. The lowest BCUT2D eigenvalue weighted by Crippen LogP contribution is -2.04. The van der Waals surface area contributed by atoms with Crippen LogP contribution in [0.1, 0.15) is 5.69 Å². The van der Waals surface area contributed by atoms with Gasteiger partial charge in [-0.15, -0.1) is 0 Å². The highest BCUT2D eigenvalue weighted by Crippen LogP contribution is 2.30. The minimum Gasteiger partial charge on any atom is -0.374 e. The summed E-state index contributed by atoms with van der Waals surface area (Å²) in [5.41, 5.74) is 0.665. The van der Waals surface area contributed by atoms with Gasteiger partial charge in [0.25, 0.3) is 5.69 Å². The monoisotopic (exact) mass is 328 g/mol. The van der Waals surface area contributed by atoms with E-state index in [2.05, 4.69) is 26.3 Å². The van der Waals surface area contributed by atoms with E-state index in [1.165, 1.54) is 6.07 Å². The molecule has 19 heavy (non-hydrogen) atoms. The third kappa shape index (κ3) is 3.08. The van der Waals surface area contributed by atoms with E-state index >= 15 is 0 Å². The van der Waals surface area contributed by atoms with E-state index < -0.39 is 10.7 Å². The van der Waals surface area contributed by atoms with Gasteiger partial charge < -0.3 is 5.32 Å². The SMILES string of the molecule is Cn1ccc(CNc2cc(Br)c(F)cc2[N+](=O)[O-])n1. The zero-order valence-corrected chi connectivity index (χ0v) is 11.5. The molecule has 0 fully saturated rings. The van der Waals surface area contributed by atoms with E-state index in [-0.39, 0.29) is 15.8 Å². The largest absolute Gasteiger partial charge is 0.374 e. The molecule has 1 heterocycles. The lowest BCUT2D eigenvalue weighted by molar-refractivity contribution is -0.384. The maximum Gasteiger partial charge on any atom is 0.295 e. The Bertz CT molecular complexity index is 629. The molecular formula is C11H10BrFN4O2. The Hall–Kier alpha value is -1.96. The molecule has 0 bridgehead atoms. The average molecular weight is 329 g/mol. The topological polar surface area (TPSA) is 73.0 Å². The van der Waals surface area contributed by atoms with Crippen LogP contribution in [-0.2, 0) is 13.6 Å². The number of nitrogens with zero attached hydrogens (tertiary/aromatic N) is 3. The third-order valence-corrected chi connectivity index (χ3v) is 3.07. The number of anilines is 1. The molecule has 6 nitrogen and oxygen atoms in total. The quantitative estimate of drug-likeness (QED) is 0.691. The average Bonchev–Trinajstić information content (AvgIpc) is 2.76. The highest BCUT2D eigenvalue weighted by Gasteiger charge is 2.17. The Morgan fingerprint density at radius 3 is 2.89 bits per heavy atom. The Labute approximate surface area is 116 Å². The van der Waals surface area contributed by atoms with Crippen molar-refractivity contribution >= 4 is 27.3 Å². The zero-order valence-electron chi connectivity index (χ0n) is 9.93. The number of nitro groups is 1. The molecule has 0 aliphatic heterocycles. The number of aryl methyl sites for hydroxylation is 1. The first kappa shape index (κ1) is 13.5. The fourth-order valence-electron chi connectivity index (χ4n) is 1.57. The highest BCUT2D eigenvalue weighted by atomic mass is 79.9. The van der Waals surface area contributed by atoms with Crippen molar-refractivity contribution in [1.29, 1.82) is 0 Å². The molecule has 0 atom stereocenters. The smallest absolute Gasteiger partial charge is 0.295 e. The molecule has 8 heteroatoms. The van der Waals surface area contributed by atoms with Gasteiger partial charge in [0.05, 0.1) is 27.7 Å². The van der Waals surface area contributed by atoms with Gasteiger partial charge in [-0.2, -0.15) is 5.10 Å². The van der Waals surface area contributed by atoms with E-state index in [9.17, 15) is 14.5 Å². The lowest BCUT2D eigenvalue weighted by atomic mass is 10.2. The zero-order chi connectivity index (χ0) is 14.0. The van der Waals surface area contributed by atoms with Crippen LogP contribution in [0.2, 0.25) is 0 Å². The highest BCUT2D eigenvalue weighted by molar-refractivity contribution is 9.10. The molecule has 2 aromatic rings. The van der Waals surface area contributed by atoms with E-state index in [1.54, 1.807) is 24.0 Å². The van der Waals surface area contributed by atoms with Gasteiger partial charge in [-0.3, -0.25) is 14.8 Å². The van der Waals surface area contributed by atoms with Crippen molar-refractivity contribution in [1.82, 2.24) is 9.78 Å². The van der Waals surface area contributed by atoms with Gasteiger partial charge in [-0.1, -0.05) is 0 Å². The molecule has 2 rings (SSSR count). The minimum atomic E-state index is -0.671. The van der Waals surface area contributed by atoms with Gasteiger partial charge in [0.1, 0.15) is 11.5 Å². The van der Waals surface area contributed by atoms with E-state index in [1.807, 2.05) is 0 Å². The summed E-state index contributed by atoms with van der Waals surface area (Å²) in [6.45, 7) is 0.319. The van der Waals surface area contributed by atoms with Crippen LogP contribution in [0.25, 0.3) is 0 Å². The van der Waals surface area contributed by atoms with Crippen LogP contribution in [0, 0.1) is 15.9 Å². The Morgan fingerprint density at radius 2 is 2.32 bits per heavy atom. The third-order valence-electron chi connectivity index (χ3n) is 2.46. The Kier molecular flexibility index (Phi) is 3.79. The van der Waals surface area contributed by atoms with Crippen molar-refractivity contribution in [2.24, 2.45) is 7.05 Å². The van der Waals surface area contributed by atoms with E-state index in [0.717, 1.165) is 11.8 Å². The number of hydrogen-bond donors (Lipinski definition) is 1. The number of rotatable bonds is 4. The van der Waals surface area contributed by atoms with Gasteiger partial charge in [0.15, 0.2) is 0 Å². The van der Waals surface area contributed by atoms with Crippen LogP contribution in [0.4, 0.5) is 15.8 Å². The second kappa shape index (κ2) is 5.35. The minimum absolute atomic E-state index is 0.168. The van der Waals surface area contributed by atoms with Gasteiger partial charge in [-0.05, 0) is 28.1 Å². The summed E-state index contributed by atoms with van der Waals surface area (Å²) in [6.07, 6.45) is 1.77. The summed E-state index contributed by atoms with van der Waals surface area (Å²) in [5.74, 6) is -0.671. The molecule has 0 saturated heterocycles. The first-order valence-corrected chi connectivity index (χ1v) is 6.12. The number of benzene rings is 1. The predicted octanol–water partition coefficient (Wildman–Crippen LogP) is 2.84. The summed E-state index contributed by atoms with van der Waals surface area (Å²) in [7, 11) is 1.78. The van der Waals surface area contributed by atoms with E-state index in [0.29, 0.717) is 6.54 Å². The molecule has 0 aliphatic rings. The summed E-state index contributed by atoms with van der Waals surface area (Å²) < 4.78 is 15.1. The van der Waals surface area contributed by atoms with Crippen molar-refractivity contribution in [3.8, 4) is 0 Å². The molecule has 0 amide bonds. The summed E-state index contributed by atoms with van der Waals surface area (Å²) in [4.78, 5) is 10.2. The number of nitrogens with one attached hydrogen (secondary N) is 1. The molecule has 100 valence electrons. The van der Waals surface area contributed by atoms with Crippen LogP contribution in [0.3, 0.4) is 0 Å². The van der Waals surface area contributed by atoms with Crippen LogP contribution < -0.4 is 5.32 Å². The summed E-state index contributed by atoms with van der Waals surface area (Å²) in [5, 5.41) is 17.9. The van der Waals surface area contributed by atoms with Gasteiger partial charge in [0, 0.05) is 13.2 Å². The number of aromatic nitrogens is 2. The second-order valence-electron chi connectivity index (χ2n) is 3.87. The normalized spacial score (nSPS) is 10.5. The summed E-state index contributed by atoms with van der Waals surface area (Å²) in [6, 6.07) is 4.01. The molecule has 1 N–H and O–H groups in total. The van der Waals surface area contributed by atoms with Crippen LogP contribution in [0.5, 0.6) is 0 Å². The number of hydrogen-bond acceptors (Lipinski definition) is 4. The molecular weight excluding hydrogens is 319 g/mol. The Balaban J connectivity index is 2.23. The predicted molar refractivity (Wildman–Crippen MR) is 71.3 cm³/mol. The second-order valence-corrected chi connectivity index (χ2v) is 4.73. The van der Waals surface area contributed by atoms with Crippen molar-refractivity contribution in [3.05, 3.63) is 50.5 Å². The fraction of sp³-hybridized carbons (Fsp3) is 0.182. The van der Waals surface area contributed by atoms with E-state index in [4.69, 9.17) is 0 Å². The molecule has 0 aliphatic carbocycles. The fourth-order valence-corrected chi connectivity index (χ4v) is 1.92. The van der Waals surface area contributed by atoms with Crippen LogP contribution in [-0.4, -0.2) is 14.7 Å². The van der Waals surface area contributed by atoms with Gasteiger partial charge >= 0.3 is 0 Å². The van der Waals surface area contributed by atoms with Gasteiger partial charge in [-0.25, -0.2) is 4.39 Å². The molecule has 0 spiro atoms. The standard InChI is InChI=1S/C11H10BrFN4O2/c1-16-3-2-7(15-16)6-14-10-4-8(12)9(13)5-11(10)17(18)19/h2-5,14H,6H2,1H3. The van der Waals surface area contributed by atoms with Gasteiger partial charge in [0.2, 0.25) is 0 Å². The molecule has 0 radical (unpaired) electrons. The molecule has 0 unspecified atom stereocenters. The van der Waals surface area contributed by atoms with Crippen molar-refractivity contribution in [2.75, 3.05) is 5.32 Å². The van der Waals surface area contributed by atoms with Crippen molar-refractivity contribution in [3.63, 3.8) is 0 Å². The maximum absolute atomic E-state index is 13.3. The van der Waals surface area contributed by atoms with Crippen molar-refractivity contribution in [2.45, 2.75) is 6.54 Å². The Morgan fingerprint density at radius 1 is 1.58 bits per heavy atom. The molecule has 0 saturated carbocycles. The maximum atomic E-state index is 13.3. The van der Waals surface area contributed by atoms with Crippen LogP contribution >= 0.6 is 15.9 Å². The van der Waals surface area contributed by atoms with Crippen molar-refractivity contribution < 1.29 is 9.31 Å².